The van der Waals surface area contributed by atoms with E-state index in [-0.39, 0.29) is 5.41 Å². The lowest BCUT2D eigenvalue weighted by molar-refractivity contribution is 0.621. The third kappa shape index (κ3) is 4.83. The average molecular weight is 733 g/mol. The van der Waals surface area contributed by atoms with Crippen LogP contribution in [0.2, 0.25) is 0 Å². The number of aromatic nitrogens is 4. The van der Waals surface area contributed by atoms with Crippen LogP contribution in [-0.2, 0) is 5.41 Å². The van der Waals surface area contributed by atoms with E-state index in [1.54, 1.807) is 0 Å². The maximum atomic E-state index is 5.26. The maximum Gasteiger partial charge on any atom is 0.124 e. The van der Waals surface area contributed by atoms with E-state index in [0.717, 1.165) is 33.8 Å². The van der Waals surface area contributed by atoms with Crippen LogP contribution in [0.5, 0.6) is 0 Å². The van der Waals surface area contributed by atoms with E-state index in [9.17, 15) is 0 Å². The number of rotatable bonds is 6. The zero-order valence-corrected chi connectivity index (χ0v) is 32.2. The third-order valence-corrected chi connectivity index (χ3v) is 12.1. The largest absolute Gasteiger partial charge is 0.310 e. The van der Waals surface area contributed by atoms with Gasteiger partial charge in [0.1, 0.15) is 5.82 Å². The first-order chi connectivity index (χ1) is 27.9. The average Bonchev–Trinajstić information content (AvgIpc) is 3.96. The Morgan fingerprint density at radius 3 is 1.81 bits per heavy atom. The summed E-state index contributed by atoms with van der Waals surface area (Å²) in [5.74, 6) is 1.10. The van der Waals surface area contributed by atoms with Crippen molar-refractivity contribution in [2.45, 2.75) is 26.2 Å². The molecule has 11 rings (SSSR count). The maximum absolute atomic E-state index is 5.26. The van der Waals surface area contributed by atoms with Crippen molar-refractivity contribution in [3.63, 3.8) is 0 Å². The third-order valence-electron chi connectivity index (χ3n) is 12.1. The molecule has 0 fully saturated rings. The van der Waals surface area contributed by atoms with Crippen LogP contribution in [0.3, 0.4) is 0 Å². The Bertz CT molecular complexity index is 3340. The molecule has 0 bridgehead atoms. The zero-order valence-electron chi connectivity index (χ0n) is 32.2. The predicted octanol–water partition coefficient (Wildman–Crippen LogP) is 13.8. The van der Waals surface area contributed by atoms with Gasteiger partial charge in [0.25, 0.3) is 0 Å². The van der Waals surface area contributed by atoms with Gasteiger partial charge in [-0.25, -0.2) is 4.98 Å². The van der Waals surface area contributed by atoms with Crippen molar-refractivity contribution in [3.8, 4) is 33.6 Å². The molecule has 0 atom stereocenters. The molecule has 10 aromatic rings. The minimum atomic E-state index is -0.161. The summed E-state index contributed by atoms with van der Waals surface area (Å²) in [6, 6.07) is 55.6. The van der Waals surface area contributed by atoms with Gasteiger partial charge in [0.05, 0.1) is 44.2 Å². The Morgan fingerprint density at radius 2 is 1.12 bits per heavy atom. The second-order valence-corrected chi connectivity index (χ2v) is 15.6. The monoisotopic (exact) mass is 732 g/mol. The Morgan fingerprint density at radius 1 is 0.561 bits per heavy atom. The first kappa shape index (κ1) is 33.2. The van der Waals surface area contributed by atoms with Crippen LogP contribution >= 0.6 is 0 Å². The topological polar surface area (TPSA) is 27.7 Å². The van der Waals surface area contributed by atoms with Gasteiger partial charge >= 0.3 is 0 Å². The van der Waals surface area contributed by atoms with Crippen LogP contribution in [0.25, 0.3) is 94.0 Å². The molecule has 7 aromatic carbocycles. The van der Waals surface area contributed by atoms with Crippen LogP contribution in [0, 0.1) is 0 Å². The molecule has 0 radical (unpaired) electrons. The number of imidazole rings is 1. The first-order valence-corrected chi connectivity index (χ1v) is 19.7. The minimum Gasteiger partial charge on any atom is -0.310 e. The summed E-state index contributed by atoms with van der Waals surface area (Å²) in [5, 5.41) is 4.91. The molecule has 0 unspecified atom stereocenters. The van der Waals surface area contributed by atoms with E-state index >= 15 is 0 Å². The molecule has 4 nitrogen and oxygen atoms in total. The molecule has 0 aliphatic carbocycles. The number of hydrogen-bond acceptors (Lipinski definition) is 1. The predicted molar refractivity (Wildman–Crippen MR) is 241 cm³/mol. The summed E-state index contributed by atoms with van der Waals surface area (Å²) >= 11 is 0. The number of benzene rings is 7. The SMILES string of the molecule is C=C/C=C\C(=C/C)n1c2ccccc2c2cc(-c3ccc4c(c3)c3cc(-c5ccc6c(c5)nc5n6-c6ccccc6C5(C)C)ccc3n4-c3ccccc3)ccc21. The number of fused-ring (bicyclic) bond motifs is 11. The first-order valence-electron chi connectivity index (χ1n) is 19.7. The quantitative estimate of drug-likeness (QED) is 0.156. The van der Waals surface area contributed by atoms with Crippen molar-refractivity contribution in [3.05, 3.63) is 194 Å². The molecule has 4 heteroatoms. The lowest BCUT2D eigenvalue weighted by Gasteiger charge is -2.17. The summed E-state index contributed by atoms with van der Waals surface area (Å²) < 4.78 is 7.09. The van der Waals surface area contributed by atoms with Crippen molar-refractivity contribution in [1.82, 2.24) is 18.7 Å². The number of hydrogen-bond donors (Lipinski definition) is 0. The van der Waals surface area contributed by atoms with Crippen LogP contribution in [0.15, 0.2) is 183 Å². The van der Waals surface area contributed by atoms with Gasteiger partial charge in [-0.2, -0.15) is 0 Å². The minimum absolute atomic E-state index is 0.161. The lowest BCUT2D eigenvalue weighted by atomic mass is 9.86. The normalized spacial score (nSPS) is 13.8. The Labute approximate surface area is 331 Å². The molecule has 0 saturated carbocycles. The van der Waals surface area contributed by atoms with E-state index in [1.807, 2.05) is 12.2 Å². The van der Waals surface area contributed by atoms with E-state index in [1.165, 1.54) is 71.6 Å². The fourth-order valence-corrected chi connectivity index (χ4v) is 9.38. The highest BCUT2D eigenvalue weighted by atomic mass is 15.1. The molecule has 4 heterocycles. The Kier molecular flexibility index (Phi) is 7.23. The van der Waals surface area contributed by atoms with Gasteiger partial charge in [-0.15, -0.1) is 0 Å². The van der Waals surface area contributed by atoms with Crippen molar-refractivity contribution in [2.24, 2.45) is 0 Å². The summed E-state index contributed by atoms with van der Waals surface area (Å²) in [5.41, 5.74) is 16.3. The van der Waals surface area contributed by atoms with Crippen molar-refractivity contribution >= 4 is 60.3 Å². The second-order valence-electron chi connectivity index (χ2n) is 15.6. The van der Waals surface area contributed by atoms with Crippen molar-refractivity contribution in [1.29, 1.82) is 0 Å². The zero-order chi connectivity index (χ0) is 38.4. The molecule has 0 N–H and O–H groups in total. The summed E-state index contributed by atoms with van der Waals surface area (Å²) in [6.45, 7) is 10.5. The molecule has 1 aliphatic heterocycles. The number of para-hydroxylation sites is 3. The fourth-order valence-electron chi connectivity index (χ4n) is 9.38. The molecular weight excluding hydrogens is 693 g/mol. The van der Waals surface area contributed by atoms with E-state index in [2.05, 4.69) is 205 Å². The van der Waals surface area contributed by atoms with Crippen LogP contribution in [0.1, 0.15) is 32.2 Å². The molecule has 3 aromatic heterocycles. The van der Waals surface area contributed by atoms with E-state index in [0.29, 0.717) is 0 Å². The summed E-state index contributed by atoms with van der Waals surface area (Å²) in [4.78, 5) is 5.26. The molecule has 272 valence electrons. The lowest BCUT2D eigenvalue weighted by Crippen LogP contribution is -2.16. The standard InChI is InChI=1S/C53H40N4/c1-5-7-15-38(6-2)55-46-20-13-11-18-40(46)41-30-34(22-26-47(41)55)35-23-27-48-42(31-35)43-32-36(24-28-49(43)56(48)39-16-9-8-10-17-39)37-25-29-51-45(33-37)54-52-53(3,4)44-19-12-14-21-50(44)57(51)52/h5-33H,1H2,2-4H3/b15-7-,38-6+. The molecule has 0 saturated heterocycles. The molecule has 0 spiro atoms. The van der Waals surface area contributed by atoms with Gasteiger partial charge < -0.3 is 9.13 Å². The van der Waals surface area contributed by atoms with E-state index < -0.39 is 0 Å². The van der Waals surface area contributed by atoms with Gasteiger partial charge in [-0.3, -0.25) is 4.57 Å². The molecule has 57 heavy (non-hydrogen) atoms. The summed E-state index contributed by atoms with van der Waals surface area (Å²) in [6.07, 6.45) is 8.10. The molecule has 1 aliphatic rings. The van der Waals surface area contributed by atoms with Crippen molar-refractivity contribution < 1.29 is 0 Å². The Balaban J connectivity index is 1.08. The highest BCUT2D eigenvalue weighted by Gasteiger charge is 2.38. The fraction of sp³-hybridized carbons (Fsp3) is 0.0755. The smallest absolute Gasteiger partial charge is 0.124 e. The van der Waals surface area contributed by atoms with Crippen LogP contribution in [-0.4, -0.2) is 18.7 Å². The molecule has 0 amide bonds. The van der Waals surface area contributed by atoms with Gasteiger partial charge in [-0.1, -0.05) is 104 Å². The second kappa shape index (κ2) is 12.4. The highest BCUT2D eigenvalue weighted by Crippen LogP contribution is 2.45. The van der Waals surface area contributed by atoms with Crippen molar-refractivity contribution in [2.75, 3.05) is 0 Å². The molecular formula is C53H40N4. The van der Waals surface area contributed by atoms with E-state index in [4.69, 9.17) is 4.98 Å². The van der Waals surface area contributed by atoms with Crippen LogP contribution in [0.4, 0.5) is 0 Å². The van der Waals surface area contributed by atoms with Crippen LogP contribution < -0.4 is 0 Å². The van der Waals surface area contributed by atoms with Gasteiger partial charge in [-0.05, 0) is 127 Å². The number of allylic oxidation sites excluding steroid dienone is 5. The van der Waals surface area contributed by atoms with Gasteiger partial charge in [0, 0.05) is 32.9 Å². The highest BCUT2D eigenvalue weighted by molar-refractivity contribution is 6.14. The summed E-state index contributed by atoms with van der Waals surface area (Å²) in [7, 11) is 0. The number of nitrogens with zero attached hydrogens (tertiary/aromatic N) is 4. The van der Waals surface area contributed by atoms with Gasteiger partial charge in [0.15, 0.2) is 0 Å². The Hall–Kier alpha value is -7.17. The van der Waals surface area contributed by atoms with Gasteiger partial charge in [0.2, 0.25) is 0 Å².